The number of benzene rings is 1. The van der Waals surface area contributed by atoms with E-state index in [1.807, 2.05) is 11.1 Å². The molecule has 1 aromatic carbocycles. The Morgan fingerprint density at radius 3 is 2.67 bits per heavy atom. The molecule has 8 heteroatoms. The molecule has 5 nitrogen and oxygen atoms in total. The first kappa shape index (κ1) is 14.6. The van der Waals surface area contributed by atoms with E-state index in [0.717, 1.165) is 0 Å². The van der Waals surface area contributed by atoms with Crippen molar-refractivity contribution in [1.82, 2.24) is 9.97 Å². The zero-order valence-corrected chi connectivity index (χ0v) is 10.7. The van der Waals surface area contributed by atoms with Crippen molar-refractivity contribution in [1.29, 1.82) is 5.26 Å². The Labute approximate surface area is 116 Å². The maximum Gasteiger partial charge on any atom is 0.437 e. The van der Waals surface area contributed by atoms with Crippen LogP contribution in [-0.2, 0) is 6.18 Å². The van der Waals surface area contributed by atoms with Gasteiger partial charge in [-0.15, -0.1) is 0 Å². The van der Waals surface area contributed by atoms with Gasteiger partial charge < -0.3 is 9.72 Å². The Hall–Kier alpha value is -2.82. The van der Waals surface area contributed by atoms with Crippen LogP contribution in [0.3, 0.4) is 0 Å². The second kappa shape index (κ2) is 5.28. The zero-order chi connectivity index (χ0) is 15.6. The van der Waals surface area contributed by atoms with Gasteiger partial charge in [0.15, 0.2) is 5.69 Å². The summed E-state index contributed by atoms with van der Waals surface area (Å²) in [6, 6.07) is 6.03. The van der Waals surface area contributed by atoms with Crippen LogP contribution >= 0.6 is 0 Å². The molecule has 0 aliphatic heterocycles. The molecule has 0 atom stereocenters. The van der Waals surface area contributed by atoms with Gasteiger partial charge in [-0.2, -0.15) is 18.4 Å². The van der Waals surface area contributed by atoms with Crippen molar-refractivity contribution < 1.29 is 17.9 Å². The topological polar surface area (TPSA) is 78.8 Å². The van der Waals surface area contributed by atoms with Gasteiger partial charge in [-0.05, 0) is 30.7 Å². The summed E-state index contributed by atoms with van der Waals surface area (Å²) in [4.78, 5) is 16.7. The van der Waals surface area contributed by atoms with Crippen LogP contribution < -0.4 is 10.3 Å². The van der Waals surface area contributed by atoms with Gasteiger partial charge in [0.1, 0.15) is 5.75 Å². The number of nitrogens with zero attached hydrogens (tertiary/aromatic N) is 2. The van der Waals surface area contributed by atoms with Gasteiger partial charge in [0.2, 0.25) is 5.75 Å². The molecule has 0 saturated heterocycles. The molecule has 108 valence electrons. The molecule has 1 aromatic heterocycles. The SMILES string of the molecule is Cc1cc(C#N)cc(Oc2c(C(F)(F)F)nc[nH]c2=O)c1. The van der Waals surface area contributed by atoms with Gasteiger partial charge in [-0.1, -0.05) is 0 Å². The van der Waals surface area contributed by atoms with Gasteiger partial charge in [0.25, 0.3) is 5.56 Å². The molecule has 0 fully saturated rings. The number of hydrogen-bond donors (Lipinski definition) is 1. The van der Waals surface area contributed by atoms with Crippen LogP contribution in [0.4, 0.5) is 13.2 Å². The monoisotopic (exact) mass is 295 g/mol. The number of nitrogens with one attached hydrogen (secondary N) is 1. The van der Waals surface area contributed by atoms with Crippen molar-refractivity contribution in [3.8, 4) is 17.6 Å². The predicted molar refractivity (Wildman–Crippen MR) is 65.8 cm³/mol. The molecule has 0 radical (unpaired) electrons. The lowest BCUT2D eigenvalue weighted by atomic mass is 10.1. The van der Waals surface area contributed by atoms with Crippen molar-refractivity contribution in [2.24, 2.45) is 0 Å². The van der Waals surface area contributed by atoms with Gasteiger partial charge in [0, 0.05) is 0 Å². The summed E-state index contributed by atoms with van der Waals surface area (Å²) in [5, 5.41) is 8.83. The highest BCUT2D eigenvalue weighted by Crippen LogP contribution is 2.34. The molecule has 2 rings (SSSR count). The molecular formula is C13H8F3N3O2. The summed E-state index contributed by atoms with van der Waals surface area (Å²) < 4.78 is 43.4. The fourth-order valence-electron chi connectivity index (χ4n) is 1.67. The number of hydrogen-bond acceptors (Lipinski definition) is 4. The Morgan fingerprint density at radius 2 is 2.05 bits per heavy atom. The van der Waals surface area contributed by atoms with Crippen molar-refractivity contribution in [2.75, 3.05) is 0 Å². The lowest BCUT2D eigenvalue weighted by Crippen LogP contribution is -2.18. The average Bonchev–Trinajstić information content (AvgIpc) is 2.39. The molecule has 1 heterocycles. The van der Waals surface area contributed by atoms with Gasteiger partial charge >= 0.3 is 6.18 Å². The number of rotatable bonds is 2. The van der Waals surface area contributed by atoms with Crippen molar-refractivity contribution in [3.63, 3.8) is 0 Å². The Kier molecular flexibility index (Phi) is 3.67. The summed E-state index contributed by atoms with van der Waals surface area (Å²) in [5.74, 6) is -1.00. The van der Waals surface area contributed by atoms with Crippen LogP contribution in [0.15, 0.2) is 29.3 Å². The molecule has 0 amide bonds. The van der Waals surface area contributed by atoms with Gasteiger partial charge in [-0.3, -0.25) is 4.79 Å². The second-order valence-electron chi connectivity index (χ2n) is 4.16. The number of H-pyrrole nitrogens is 1. The molecule has 1 N–H and O–H groups in total. The average molecular weight is 295 g/mol. The van der Waals surface area contributed by atoms with Crippen LogP contribution in [0.1, 0.15) is 16.8 Å². The number of halogens is 3. The molecule has 0 bridgehead atoms. The Morgan fingerprint density at radius 1 is 1.33 bits per heavy atom. The summed E-state index contributed by atoms with van der Waals surface area (Å²) in [5.41, 5.74) is -1.67. The molecular weight excluding hydrogens is 287 g/mol. The molecule has 0 unspecified atom stereocenters. The summed E-state index contributed by atoms with van der Waals surface area (Å²) in [7, 11) is 0. The van der Waals surface area contributed by atoms with Crippen molar-refractivity contribution >= 4 is 0 Å². The standard InChI is InChI=1S/C13H8F3N3O2/c1-7-2-8(5-17)4-9(3-7)21-10-11(13(14,15)16)18-6-19-12(10)20/h2-4,6H,1H3,(H,18,19,20). The van der Waals surface area contributed by atoms with E-state index in [1.165, 1.54) is 18.2 Å². The minimum Gasteiger partial charge on any atom is -0.449 e. The summed E-state index contributed by atoms with van der Waals surface area (Å²) in [6.07, 6.45) is -4.18. The summed E-state index contributed by atoms with van der Waals surface area (Å²) in [6.45, 7) is 1.64. The van der Waals surface area contributed by atoms with E-state index in [-0.39, 0.29) is 11.3 Å². The van der Waals surface area contributed by atoms with Crippen molar-refractivity contribution in [2.45, 2.75) is 13.1 Å². The van der Waals surface area contributed by atoms with Crippen LogP contribution in [0.25, 0.3) is 0 Å². The maximum atomic E-state index is 12.8. The van der Waals surface area contributed by atoms with E-state index in [4.69, 9.17) is 10.00 Å². The van der Waals surface area contributed by atoms with Gasteiger partial charge in [-0.25, -0.2) is 4.98 Å². The van der Waals surface area contributed by atoms with E-state index < -0.39 is 23.2 Å². The van der Waals surface area contributed by atoms with Gasteiger partial charge in [0.05, 0.1) is 18.0 Å². The third-order valence-corrected chi connectivity index (χ3v) is 2.48. The quantitative estimate of drug-likeness (QED) is 0.924. The van der Waals surface area contributed by atoms with E-state index in [2.05, 4.69) is 4.98 Å². The predicted octanol–water partition coefficient (Wildman–Crippen LogP) is 2.76. The Balaban J connectivity index is 2.53. The highest BCUT2D eigenvalue weighted by molar-refractivity contribution is 5.42. The number of aromatic amines is 1. The third-order valence-electron chi connectivity index (χ3n) is 2.48. The molecule has 0 spiro atoms. The van der Waals surface area contributed by atoms with Crippen LogP contribution in [0.5, 0.6) is 11.5 Å². The molecule has 2 aromatic rings. The first-order chi connectivity index (χ1) is 9.81. The molecule has 0 aliphatic carbocycles. The van der Waals surface area contributed by atoms with Crippen molar-refractivity contribution in [3.05, 3.63) is 51.7 Å². The lowest BCUT2D eigenvalue weighted by Gasteiger charge is -2.11. The van der Waals surface area contributed by atoms with E-state index in [0.29, 0.717) is 11.9 Å². The third kappa shape index (κ3) is 3.20. The normalized spacial score (nSPS) is 11.0. The Bertz CT molecular complexity index is 775. The first-order valence-electron chi connectivity index (χ1n) is 5.66. The number of aromatic nitrogens is 2. The van der Waals surface area contributed by atoms with Crippen LogP contribution in [0, 0.1) is 18.3 Å². The highest BCUT2D eigenvalue weighted by Gasteiger charge is 2.38. The fraction of sp³-hybridized carbons (Fsp3) is 0.154. The van der Waals surface area contributed by atoms with E-state index >= 15 is 0 Å². The number of ether oxygens (including phenoxy) is 1. The van der Waals surface area contributed by atoms with Crippen LogP contribution in [0.2, 0.25) is 0 Å². The number of alkyl halides is 3. The fourth-order valence-corrected chi connectivity index (χ4v) is 1.67. The molecule has 0 saturated carbocycles. The zero-order valence-electron chi connectivity index (χ0n) is 10.7. The second-order valence-corrected chi connectivity index (χ2v) is 4.16. The largest absolute Gasteiger partial charge is 0.449 e. The molecule has 0 aliphatic rings. The van der Waals surface area contributed by atoms with Crippen LogP contribution in [-0.4, -0.2) is 9.97 Å². The minimum atomic E-state index is -4.83. The number of nitriles is 1. The maximum absolute atomic E-state index is 12.8. The van der Waals surface area contributed by atoms with E-state index in [1.54, 1.807) is 6.92 Å². The number of aryl methyl sites for hydroxylation is 1. The smallest absolute Gasteiger partial charge is 0.437 e. The first-order valence-corrected chi connectivity index (χ1v) is 5.66. The summed E-state index contributed by atoms with van der Waals surface area (Å²) >= 11 is 0. The lowest BCUT2D eigenvalue weighted by molar-refractivity contribution is -0.142. The highest BCUT2D eigenvalue weighted by atomic mass is 19.4. The minimum absolute atomic E-state index is 0.0458. The molecule has 21 heavy (non-hydrogen) atoms. The van der Waals surface area contributed by atoms with E-state index in [9.17, 15) is 18.0 Å².